The van der Waals surface area contributed by atoms with Crippen molar-refractivity contribution in [2.75, 3.05) is 0 Å². The van der Waals surface area contributed by atoms with E-state index in [1.165, 1.54) is 11.3 Å². The minimum Gasteiger partial charge on any atom is -0.456 e. The number of carbonyl (C=O) groups is 1. The summed E-state index contributed by atoms with van der Waals surface area (Å²) in [5, 5.41) is 3.40. The van der Waals surface area contributed by atoms with Crippen molar-refractivity contribution < 1.29 is 9.53 Å². The fraction of sp³-hybridized carbons (Fsp3) is 0.0625. The Balaban J connectivity index is 1.67. The molecular weight excluding hydrogens is 355 g/mol. The summed E-state index contributed by atoms with van der Waals surface area (Å²) in [6, 6.07) is 10.7. The summed E-state index contributed by atoms with van der Waals surface area (Å²) in [5.74, 6) is -0.482. The van der Waals surface area contributed by atoms with Gasteiger partial charge in [0.1, 0.15) is 16.8 Å². The highest BCUT2D eigenvalue weighted by Gasteiger charge is 2.13. The van der Waals surface area contributed by atoms with E-state index in [4.69, 9.17) is 27.9 Å². The van der Waals surface area contributed by atoms with Crippen LogP contribution in [0.25, 0.3) is 10.6 Å². The number of carbonyl (C=O) groups excluding carboxylic acids is 1. The lowest BCUT2D eigenvalue weighted by atomic mass is 10.2. The lowest BCUT2D eigenvalue weighted by Crippen LogP contribution is -2.05. The van der Waals surface area contributed by atoms with Crippen molar-refractivity contribution in [2.45, 2.75) is 6.61 Å². The first-order chi connectivity index (χ1) is 11.1. The molecule has 23 heavy (non-hydrogen) atoms. The van der Waals surface area contributed by atoms with E-state index in [1.54, 1.807) is 35.8 Å². The first-order valence-electron chi connectivity index (χ1n) is 6.61. The zero-order chi connectivity index (χ0) is 16.2. The summed E-state index contributed by atoms with van der Waals surface area (Å²) in [5.41, 5.74) is 1.89. The second kappa shape index (κ2) is 7.08. The average molecular weight is 365 g/mol. The lowest BCUT2D eigenvalue weighted by molar-refractivity contribution is 0.0466. The highest BCUT2D eigenvalue weighted by Crippen LogP contribution is 2.26. The molecule has 7 heteroatoms. The van der Waals surface area contributed by atoms with Crippen molar-refractivity contribution in [1.82, 2.24) is 9.97 Å². The van der Waals surface area contributed by atoms with Gasteiger partial charge < -0.3 is 4.74 Å². The molecule has 0 N–H and O–H groups in total. The van der Waals surface area contributed by atoms with Crippen molar-refractivity contribution in [1.29, 1.82) is 0 Å². The van der Waals surface area contributed by atoms with E-state index in [1.807, 2.05) is 12.1 Å². The van der Waals surface area contributed by atoms with Gasteiger partial charge in [0, 0.05) is 27.7 Å². The minimum absolute atomic E-state index is 0.118. The molecule has 0 bridgehead atoms. The van der Waals surface area contributed by atoms with Gasteiger partial charge in [-0.3, -0.25) is 0 Å². The van der Waals surface area contributed by atoms with Gasteiger partial charge in [0.15, 0.2) is 5.69 Å². The summed E-state index contributed by atoms with van der Waals surface area (Å²) in [6.07, 6.45) is 1.56. The summed E-state index contributed by atoms with van der Waals surface area (Å²) in [6.45, 7) is 0.118. The number of benzene rings is 1. The van der Waals surface area contributed by atoms with Crippen LogP contribution in [0.4, 0.5) is 0 Å². The maximum atomic E-state index is 12.0. The van der Waals surface area contributed by atoms with E-state index in [9.17, 15) is 4.79 Å². The summed E-state index contributed by atoms with van der Waals surface area (Å²) < 4.78 is 5.22. The molecule has 4 nitrogen and oxygen atoms in total. The van der Waals surface area contributed by atoms with E-state index >= 15 is 0 Å². The van der Waals surface area contributed by atoms with Crippen molar-refractivity contribution in [3.63, 3.8) is 0 Å². The summed E-state index contributed by atoms with van der Waals surface area (Å²) >= 11 is 13.0. The average Bonchev–Trinajstić information content (AvgIpc) is 3.04. The molecule has 3 rings (SSSR count). The van der Waals surface area contributed by atoms with E-state index in [0.29, 0.717) is 15.2 Å². The predicted octanol–water partition coefficient (Wildman–Crippen LogP) is 4.87. The first-order valence-corrected chi connectivity index (χ1v) is 8.24. The maximum Gasteiger partial charge on any atom is 0.358 e. The monoisotopic (exact) mass is 364 g/mol. The van der Waals surface area contributed by atoms with Crippen LogP contribution in [-0.4, -0.2) is 15.9 Å². The normalized spacial score (nSPS) is 10.5. The molecule has 0 radical (unpaired) electrons. The standard InChI is InChI=1S/C16H10Cl2N2O2S/c17-12-3-1-2-11(6-12)15-20-13(9-23-15)16(21)22-8-10-4-5-14(18)19-7-10/h1-7,9H,8H2. The van der Waals surface area contributed by atoms with Gasteiger partial charge in [0.2, 0.25) is 0 Å². The SMILES string of the molecule is O=C(OCc1ccc(Cl)nc1)c1csc(-c2cccc(Cl)c2)n1. The largest absolute Gasteiger partial charge is 0.456 e. The van der Waals surface area contributed by atoms with Crippen LogP contribution in [0, 0.1) is 0 Å². The van der Waals surface area contributed by atoms with Crippen LogP contribution < -0.4 is 0 Å². The Kier molecular flexibility index (Phi) is 4.91. The number of thiazole rings is 1. The third-order valence-electron chi connectivity index (χ3n) is 2.94. The molecular formula is C16H10Cl2N2O2S. The van der Waals surface area contributed by atoms with Crippen LogP contribution >= 0.6 is 34.5 Å². The number of pyridine rings is 1. The highest BCUT2D eigenvalue weighted by atomic mass is 35.5. The number of hydrogen-bond donors (Lipinski definition) is 0. The molecule has 0 amide bonds. The van der Waals surface area contributed by atoms with Gasteiger partial charge in [-0.1, -0.05) is 41.4 Å². The predicted molar refractivity (Wildman–Crippen MR) is 90.9 cm³/mol. The molecule has 0 atom stereocenters. The van der Waals surface area contributed by atoms with Crippen LogP contribution in [0.5, 0.6) is 0 Å². The number of aromatic nitrogens is 2. The maximum absolute atomic E-state index is 12.0. The fourth-order valence-electron chi connectivity index (χ4n) is 1.84. The number of ether oxygens (including phenoxy) is 1. The van der Waals surface area contributed by atoms with Crippen molar-refractivity contribution in [2.24, 2.45) is 0 Å². The van der Waals surface area contributed by atoms with Crippen LogP contribution in [0.1, 0.15) is 16.1 Å². The van der Waals surface area contributed by atoms with E-state index < -0.39 is 5.97 Å². The van der Waals surface area contributed by atoms with Crippen LogP contribution in [0.15, 0.2) is 48.0 Å². The number of hydrogen-bond acceptors (Lipinski definition) is 5. The number of halogens is 2. The molecule has 3 aromatic rings. The Morgan fingerprint density at radius 3 is 2.83 bits per heavy atom. The fourth-order valence-corrected chi connectivity index (χ4v) is 2.92. The van der Waals surface area contributed by atoms with Gasteiger partial charge in [-0.15, -0.1) is 11.3 Å². The zero-order valence-corrected chi connectivity index (χ0v) is 14.0. The van der Waals surface area contributed by atoms with Gasteiger partial charge in [0.25, 0.3) is 0 Å². The highest BCUT2D eigenvalue weighted by molar-refractivity contribution is 7.13. The van der Waals surface area contributed by atoms with E-state index in [-0.39, 0.29) is 12.3 Å². The summed E-state index contributed by atoms with van der Waals surface area (Å²) in [7, 11) is 0. The molecule has 0 aliphatic carbocycles. The van der Waals surface area contributed by atoms with E-state index in [0.717, 1.165) is 11.1 Å². The van der Waals surface area contributed by atoms with Gasteiger partial charge in [0.05, 0.1) is 0 Å². The van der Waals surface area contributed by atoms with Gasteiger partial charge >= 0.3 is 5.97 Å². The number of nitrogens with zero attached hydrogens (tertiary/aromatic N) is 2. The smallest absolute Gasteiger partial charge is 0.358 e. The van der Waals surface area contributed by atoms with Crippen LogP contribution in [-0.2, 0) is 11.3 Å². The minimum atomic E-state index is -0.482. The van der Waals surface area contributed by atoms with Crippen molar-refractivity contribution in [3.8, 4) is 10.6 Å². The molecule has 1 aromatic carbocycles. The molecule has 0 fully saturated rings. The Bertz CT molecular complexity index is 834. The molecule has 0 aliphatic rings. The molecule has 2 aromatic heterocycles. The van der Waals surface area contributed by atoms with Crippen LogP contribution in [0.3, 0.4) is 0 Å². The third kappa shape index (κ3) is 4.07. The second-order valence-corrected chi connectivity index (χ2v) is 6.30. The number of esters is 1. The van der Waals surface area contributed by atoms with Crippen LogP contribution in [0.2, 0.25) is 10.2 Å². The van der Waals surface area contributed by atoms with E-state index in [2.05, 4.69) is 9.97 Å². The second-order valence-electron chi connectivity index (χ2n) is 4.61. The lowest BCUT2D eigenvalue weighted by Gasteiger charge is -2.02. The Morgan fingerprint density at radius 1 is 1.22 bits per heavy atom. The Hall–Kier alpha value is -1.95. The molecule has 0 aliphatic heterocycles. The zero-order valence-electron chi connectivity index (χ0n) is 11.7. The van der Waals surface area contributed by atoms with Gasteiger partial charge in [-0.25, -0.2) is 14.8 Å². The van der Waals surface area contributed by atoms with Gasteiger partial charge in [-0.05, 0) is 18.2 Å². The first kappa shape index (κ1) is 15.9. The quantitative estimate of drug-likeness (QED) is 0.489. The number of rotatable bonds is 4. The third-order valence-corrected chi connectivity index (χ3v) is 4.29. The van der Waals surface area contributed by atoms with Gasteiger partial charge in [-0.2, -0.15) is 0 Å². The topological polar surface area (TPSA) is 52.1 Å². The Morgan fingerprint density at radius 2 is 2.09 bits per heavy atom. The Labute approximate surface area is 146 Å². The van der Waals surface area contributed by atoms with Crippen molar-refractivity contribution >= 4 is 40.5 Å². The molecule has 0 unspecified atom stereocenters. The molecule has 2 heterocycles. The molecule has 0 spiro atoms. The molecule has 0 saturated carbocycles. The molecule has 0 saturated heterocycles. The van der Waals surface area contributed by atoms with Crippen molar-refractivity contribution in [3.05, 3.63) is 69.4 Å². The summed E-state index contributed by atoms with van der Waals surface area (Å²) in [4.78, 5) is 20.3. The molecule has 116 valence electrons.